The second-order valence-electron chi connectivity index (χ2n) is 8.17. The van der Waals surface area contributed by atoms with Gasteiger partial charge in [0.05, 0.1) is 17.8 Å². The van der Waals surface area contributed by atoms with Crippen molar-refractivity contribution in [1.82, 2.24) is 20.0 Å². The highest BCUT2D eigenvalue weighted by Crippen LogP contribution is 2.34. The highest BCUT2D eigenvalue weighted by atomic mass is 19.1. The molecule has 0 radical (unpaired) electrons. The van der Waals surface area contributed by atoms with Gasteiger partial charge in [0.1, 0.15) is 5.82 Å². The molecule has 0 amide bonds. The van der Waals surface area contributed by atoms with E-state index in [1.807, 2.05) is 18.2 Å². The van der Waals surface area contributed by atoms with Crippen LogP contribution in [0, 0.1) is 12.7 Å². The monoisotopic (exact) mass is 430 g/mol. The molecule has 3 heterocycles. The summed E-state index contributed by atoms with van der Waals surface area (Å²) in [5, 5.41) is 14.3. The number of likely N-dealkylation sites (tertiary alicyclic amines) is 1. The number of aliphatic hydroxyl groups excluding tert-OH is 1. The molecule has 1 aliphatic rings. The van der Waals surface area contributed by atoms with Gasteiger partial charge in [-0.2, -0.15) is 4.98 Å². The van der Waals surface area contributed by atoms with Gasteiger partial charge in [-0.3, -0.25) is 9.88 Å². The van der Waals surface area contributed by atoms with Crippen LogP contribution in [0.1, 0.15) is 29.5 Å². The van der Waals surface area contributed by atoms with E-state index in [1.54, 1.807) is 25.3 Å². The van der Waals surface area contributed by atoms with Gasteiger partial charge in [-0.15, -0.1) is 0 Å². The minimum Gasteiger partial charge on any atom is -0.392 e. The second kappa shape index (κ2) is 8.61. The van der Waals surface area contributed by atoms with Crippen LogP contribution in [-0.4, -0.2) is 37.8 Å². The van der Waals surface area contributed by atoms with E-state index in [-0.39, 0.29) is 11.9 Å². The lowest BCUT2D eigenvalue weighted by Crippen LogP contribution is -2.24. The Morgan fingerprint density at radius 2 is 1.91 bits per heavy atom. The number of hydrogen-bond donors (Lipinski definition) is 1. The van der Waals surface area contributed by atoms with E-state index >= 15 is 0 Å². The molecule has 0 spiro atoms. The number of aliphatic hydroxyl groups is 1. The average molecular weight is 430 g/mol. The zero-order chi connectivity index (χ0) is 22.1. The van der Waals surface area contributed by atoms with E-state index in [0.717, 1.165) is 16.8 Å². The number of pyridine rings is 1. The fourth-order valence-corrected chi connectivity index (χ4v) is 4.08. The largest absolute Gasteiger partial charge is 0.392 e. The maximum Gasteiger partial charge on any atom is 0.244 e. The van der Waals surface area contributed by atoms with Gasteiger partial charge in [-0.05, 0) is 42.7 Å². The standard InChI is InChI=1S/C25H23FN4O2/c1-16-5-8-19(12-21(16)26)24-28-25(32-29-24)23-13-20(31)15-30(23)14-17-6-9-18(10-7-17)22-4-2-3-11-27-22/h2-12,20,23,31H,13-15H2,1H3/t20-,23+/m1/s1. The third-order valence-electron chi connectivity index (χ3n) is 5.84. The summed E-state index contributed by atoms with van der Waals surface area (Å²) in [6.07, 6.45) is 1.82. The maximum atomic E-state index is 13.9. The molecule has 7 heteroatoms. The number of rotatable bonds is 5. The highest BCUT2D eigenvalue weighted by molar-refractivity contribution is 5.59. The molecule has 4 aromatic rings. The molecule has 2 atom stereocenters. The van der Waals surface area contributed by atoms with Crippen molar-refractivity contribution in [3.63, 3.8) is 0 Å². The number of hydrogen-bond acceptors (Lipinski definition) is 6. The van der Waals surface area contributed by atoms with Gasteiger partial charge in [0, 0.05) is 30.4 Å². The Morgan fingerprint density at radius 3 is 2.66 bits per heavy atom. The molecule has 2 aromatic carbocycles. The van der Waals surface area contributed by atoms with Crippen LogP contribution in [0.2, 0.25) is 0 Å². The van der Waals surface area contributed by atoms with Crippen molar-refractivity contribution < 1.29 is 14.0 Å². The molecule has 32 heavy (non-hydrogen) atoms. The highest BCUT2D eigenvalue weighted by Gasteiger charge is 2.36. The SMILES string of the molecule is Cc1ccc(-c2noc([C@@H]3C[C@@H](O)CN3Cc3ccc(-c4ccccn4)cc3)n2)cc1F. The van der Waals surface area contributed by atoms with E-state index in [4.69, 9.17) is 4.52 Å². The summed E-state index contributed by atoms with van der Waals surface area (Å²) in [6.45, 7) is 2.87. The number of benzene rings is 2. The van der Waals surface area contributed by atoms with Crippen molar-refractivity contribution in [2.24, 2.45) is 0 Å². The van der Waals surface area contributed by atoms with Crippen LogP contribution in [0.25, 0.3) is 22.6 Å². The molecule has 1 saturated heterocycles. The summed E-state index contributed by atoms with van der Waals surface area (Å²) >= 11 is 0. The number of aryl methyl sites for hydroxylation is 1. The van der Waals surface area contributed by atoms with E-state index in [2.05, 4.69) is 44.3 Å². The predicted molar refractivity (Wildman–Crippen MR) is 118 cm³/mol. The molecule has 5 rings (SSSR count). The maximum absolute atomic E-state index is 13.9. The van der Waals surface area contributed by atoms with Gasteiger partial charge in [-0.25, -0.2) is 4.39 Å². The van der Waals surface area contributed by atoms with Crippen LogP contribution in [-0.2, 0) is 6.54 Å². The molecule has 162 valence electrons. The van der Waals surface area contributed by atoms with Crippen LogP contribution in [0.15, 0.2) is 71.4 Å². The van der Waals surface area contributed by atoms with Crippen LogP contribution in [0.5, 0.6) is 0 Å². The fourth-order valence-electron chi connectivity index (χ4n) is 4.08. The Morgan fingerprint density at radius 1 is 1.09 bits per heavy atom. The van der Waals surface area contributed by atoms with Crippen LogP contribution < -0.4 is 0 Å². The molecule has 0 bridgehead atoms. The number of nitrogens with zero attached hydrogens (tertiary/aromatic N) is 4. The molecule has 1 aliphatic heterocycles. The Kier molecular flexibility index (Phi) is 5.51. The Hall–Kier alpha value is -3.42. The third-order valence-corrected chi connectivity index (χ3v) is 5.84. The molecule has 6 nitrogen and oxygen atoms in total. The van der Waals surface area contributed by atoms with Gasteiger partial charge in [-0.1, -0.05) is 47.6 Å². The van der Waals surface area contributed by atoms with Crippen molar-refractivity contribution in [1.29, 1.82) is 0 Å². The van der Waals surface area contributed by atoms with E-state index < -0.39 is 6.10 Å². The molecule has 2 aromatic heterocycles. The second-order valence-corrected chi connectivity index (χ2v) is 8.17. The summed E-state index contributed by atoms with van der Waals surface area (Å²) in [5.41, 5.74) is 4.23. The molecule has 0 unspecified atom stereocenters. The van der Waals surface area contributed by atoms with E-state index in [9.17, 15) is 9.50 Å². The summed E-state index contributed by atoms with van der Waals surface area (Å²) in [5.74, 6) is 0.475. The summed E-state index contributed by atoms with van der Waals surface area (Å²) in [4.78, 5) is 11.0. The van der Waals surface area contributed by atoms with Gasteiger partial charge >= 0.3 is 0 Å². The van der Waals surface area contributed by atoms with Crippen molar-refractivity contribution in [2.75, 3.05) is 6.54 Å². The zero-order valence-electron chi connectivity index (χ0n) is 17.6. The first-order valence-electron chi connectivity index (χ1n) is 10.6. The van der Waals surface area contributed by atoms with Crippen molar-refractivity contribution in [3.05, 3.63) is 89.7 Å². The molecule has 1 fully saturated rings. The first kappa shape index (κ1) is 20.5. The number of β-amino-alcohol motifs (C(OH)–C–C–N with tert-alkyl or cyclic N) is 1. The Balaban J connectivity index is 1.34. The Bertz CT molecular complexity index is 1210. The minimum atomic E-state index is -0.472. The molecule has 1 N–H and O–H groups in total. The van der Waals surface area contributed by atoms with Crippen molar-refractivity contribution >= 4 is 0 Å². The lowest BCUT2D eigenvalue weighted by atomic mass is 10.1. The first-order chi connectivity index (χ1) is 15.6. The summed E-state index contributed by atoms with van der Waals surface area (Å²) in [7, 11) is 0. The van der Waals surface area contributed by atoms with Gasteiger partial charge in [0.15, 0.2) is 0 Å². The average Bonchev–Trinajstić information content (AvgIpc) is 3.43. The van der Waals surface area contributed by atoms with Crippen molar-refractivity contribution in [2.45, 2.75) is 32.0 Å². The summed E-state index contributed by atoms with van der Waals surface area (Å²) in [6, 6.07) is 18.8. The lowest BCUT2D eigenvalue weighted by molar-refractivity contribution is 0.169. The van der Waals surface area contributed by atoms with Gasteiger partial charge in [0.25, 0.3) is 0 Å². The van der Waals surface area contributed by atoms with Crippen molar-refractivity contribution in [3.8, 4) is 22.6 Å². The molecular formula is C25H23FN4O2. The third kappa shape index (κ3) is 4.17. The quantitative estimate of drug-likeness (QED) is 0.501. The van der Waals surface area contributed by atoms with Gasteiger partial charge in [0.2, 0.25) is 11.7 Å². The lowest BCUT2D eigenvalue weighted by Gasteiger charge is -2.21. The van der Waals surface area contributed by atoms with Crippen LogP contribution in [0.4, 0.5) is 4.39 Å². The normalized spacial score (nSPS) is 18.8. The number of halogens is 1. The van der Waals surface area contributed by atoms with Crippen LogP contribution in [0.3, 0.4) is 0 Å². The molecular weight excluding hydrogens is 407 g/mol. The first-order valence-corrected chi connectivity index (χ1v) is 10.6. The topological polar surface area (TPSA) is 75.3 Å². The summed E-state index contributed by atoms with van der Waals surface area (Å²) < 4.78 is 19.5. The Labute approximate surface area is 185 Å². The van der Waals surface area contributed by atoms with E-state index in [0.29, 0.717) is 42.4 Å². The molecule has 0 saturated carbocycles. The van der Waals surface area contributed by atoms with E-state index in [1.165, 1.54) is 6.07 Å². The molecule has 0 aliphatic carbocycles. The zero-order valence-corrected chi connectivity index (χ0v) is 17.6. The minimum absolute atomic E-state index is 0.197. The fraction of sp³-hybridized carbons (Fsp3) is 0.240. The van der Waals surface area contributed by atoms with Crippen LogP contribution >= 0.6 is 0 Å². The predicted octanol–water partition coefficient (Wildman–Crippen LogP) is 4.55. The van der Waals surface area contributed by atoms with Gasteiger partial charge < -0.3 is 9.63 Å². The smallest absolute Gasteiger partial charge is 0.244 e. The number of aromatic nitrogens is 3.